The van der Waals surface area contributed by atoms with Gasteiger partial charge < -0.3 is 15.7 Å². The number of nitrogens with zero attached hydrogens (tertiary/aromatic N) is 1. The van der Waals surface area contributed by atoms with Gasteiger partial charge in [-0.05, 0) is 36.6 Å². The molecule has 0 radical (unpaired) electrons. The second kappa shape index (κ2) is 6.56. The normalized spacial score (nSPS) is 22.1. The summed E-state index contributed by atoms with van der Waals surface area (Å²) in [7, 11) is 0. The Kier molecular flexibility index (Phi) is 4.78. The molecule has 1 amide bonds. The Hall–Kier alpha value is -1.83. The minimum atomic E-state index is -0.298. The van der Waals surface area contributed by atoms with Gasteiger partial charge in [0.25, 0.3) is 5.91 Å². The van der Waals surface area contributed by atoms with Crippen LogP contribution in [0, 0.1) is 17.8 Å². The Morgan fingerprint density at radius 3 is 2.75 bits per heavy atom. The average Bonchev–Trinajstić information content (AvgIpc) is 2.48. The minimum Gasteiger partial charge on any atom is -0.393 e. The summed E-state index contributed by atoms with van der Waals surface area (Å²) in [6, 6.07) is 7.24. The molecule has 4 heteroatoms. The third kappa shape index (κ3) is 3.38. The van der Waals surface area contributed by atoms with Gasteiger partial charge in [-0.1, -0.05) is 18.8 Å². The van der Waals surface area contributed by atoms with Gasteiger partial charge in [0.1, 0.15) is 0 Å². The summed E-state index contributed by atoms with van der Waals surface area (Å²) < 4.78 is 0. The number of carbonyl (C=O) groups excluding carboxylic acids is 1. The molecule has 1 aromatic rings. The highest BCUT2D eigenvalue weighted by Crippen LogP contribution is 2.18. The molecular formula is C16H20N2O2. The topological polar surface area (TPSA) is 66.6 Å². The fraction of sp³-hybridized carbons (Fsp3) is 0.438. The van der Waals surface area contributed by atoms with Gasteiger partial charge >= 0.3 is 0 Å². The van der Waals surface area contributed by atoms with Crippen LogP contribution in [-0.2, 0) is 0 Å². The summed E-state index contributed by atoms with van der Waals surface area (Å²) in [5.41, 5.74) is 6.84. The predicted octanol–water partition coefficient (Wildman–Crippen LogP) is 0.840. The first-order valence-corrected chi connectivity index (χ1v) is 6.88. The molecule has 2 unspecified atom stereocenters. The summed E-state index contributed by atoms with van der Waals surface area (Å²) >= 11 is 0. The summed E-state index contributed by atoms with van der Waals surface area (Å²) in [5, 5.41) is 9.70. The highest BCUT2D eigenvalue weighted by molar-refractivity contribution is 5.94. The van der Waals surface area contributed by atoms with Crippen LogP contribution in [-0.4, -0.2) is 41.7 Å². The van der Waals surface area contributed by atoms with Crippen LogP contribution >= 0.6 is 0 Å². The number of nitrogens with two attached hydrogens (primary N) is 1. The maximum Gasteiger partial charge on any atom is 0.253 e. The number of likely N-dealkylation sites (tertiary alicyclic amines) is 1. The van der Waals surface area contributed by atoms with E-state index in [0.29, 0.717) is 31.6 Å². The lowest BCUT2D eigenvalue weighted by atomic mass is 9.96. The number of hydrogen-bond acceptors (Lipinski definition) is 3. The van der Waals surface area contributed by atoms with E-state index >= 15 is 0 Å². The molecule has 1 heterocycles. The summed E-state index contributed by atoms with van der Waals surface area (Å²) in [5.74, 6) is 5.85. The zero-order valence-electron chi connectivity index (χ0n) is 11.7. The van der Waals surface area contributed by atoms with Crippen molar-refractivity contribution in [3.63, 3.8) is 0 Å². The molecule has 2 rings (SSSR count). The van der Waals surface area contributed by atoms with E-state index < -0.39 is 0 Å². The number of piperidine rings is 1. The summed E-state index contributed by atoms with van der Waals surface area (Å²) in [4.78, 5) is 14.2. The maximum atomic E-state index is 12.4. The van der Waals surface area contributed by atoms with E-state index in [-0.39, 0.29) is 17.9 Å². The molecule has 2 atom stereocenters. The van der Waals surface area contributed by atoms with E-state index in [0.717, 1.165) is 5.56 Å². The van der Waals surface area contributed by atoms with Gasteiger partial charge in [0.2, 0.25) is 0 Å². The second-order valence-electron chi connectivity index (χ2n) is 5.17. The fourth-order valence-electron chi connectivity index (χ4n) is 2.35. The average molecular weight is 272 g/mol. The van der Waals surface area contributed by atoms with E-state index in [1.165, 1.54) is 0 Å². The molecule has 1 saturated heterocycles. The smallest absolute Gasteiger partial charge is 0.253 e. The number of amides is 1. The van der Waals surface area contributed by atoms with Crippen molar-refractivity contribution in [1.29, 1.82) is 0 Å². The summed E-state index contributed by atoms with van der Waals surface area (Å²) in [6.07, 6.45) is 0.348. The van der Waals surface area contributed by atoms with Gasteiger partial charge in [0.05, 0.1) is 12.6 Å². The second-order valence-corrected chi connectivity index (χ2v) is 5.17. The number of benzene rings is 1. The van der Waals surface area contributed by atoms with Crippen LogP contribution in [0.15, 0.2) is 24.3 Å². The van der Waals surface area contributed by atoms with E-state index in [9.17, 15) is 9.90 Å². The molecule has 20 heavy (non-hydrogen) atoms. The maximum absolute atomic E-state index is 12.4. The molecule has 3 N–H and O–H groups in total. The molecule has 106 valence electrons. The van der Waals surface area contributed by atoms with Crippen LogP contribution in [0.5, 0.6) is 0 Å². The van der Waals surface area contributed by atoms with Gasteiger partial charge in [-0.3, -0.25) is 4.79 Å². The third-order valence-corrected chi connectivity index (χ3v) is 3.61. The zero-order chi connectivity index (χ0) is 14.5. The van der Waals surface area contributed by atoms with Gasteiger partial charge in [-0.2, -0.15) is 0 Å². The van der Waals surface area contributed by atoms with Crippen molar-refractivity contribution in [2.45, 2.75) is 19.4 Å². The monoisotopic (exact) mass is 272 g/mol. The lowest BCUT2D eigenvalue weighted by Gasteiger charge is -2.34. The molecule has 1 aromatic carbocycles. The Morgan fingerprint density at radius 2 is 2.15 bits per heavy atom. The van der Waals surface area contributed by atoms with Crippen molar-refractivity contribution >= 4 is 5.91 Å². The first-order chi connectivity index (χ1) is 9.61. The van der Waals surface area contributed by atoms with Crippen LogP contribution in [0.2, 0.25) is 0 Å². The predicted molar refractivity (Wildman–Crippen MR) is 78.1 cm³/mol. The fourth-order valence-corrected chi connectivity index (χ4v) is 2.35. The standard InChI is InChI=1S/C16H20N2O2/c1-12-11-18(10-8-15(12)19)16(20)14-6-4-13(5-7-14)3-2-9-17/h4-7,12,15,19H,8-11,17H2,1H3. The van der Waals surface area contributed by atoms with Crippen LogP contribution in [0.4, 0.5) is 0 Å². The van der Waals surface area contributed by atoms with Crippen molar-refractivity contribution in [3.8, 4) is 11.8 Å². The molecule has 1 fully saturated rings. The number of hydrogen-bond donors (Lipinski definition) is 2. The first kappa shape index (κ1) is 14.6. The number of aliphatic hydroxyl groups is 1. The molecule has 0 aromatic heterocycles. The van der Waals surface area contributed by atoms with Crippen LogP contribution in [0.1, 0.15) is 29.3 Å². The molecule has 0 bridgehead atoms. The van der Waals surface area contributed by atoms with Gasteiger partial charge in [-0.25, -0.2) is 0 Å². The van der Waals surface area contributed by atoms with Crippen molar-refractivity contribution in [2.24, 2.45) is 11.7 Å². The largest absolute Gasteiger partial charge is 0.393 e. The lowest BCUT2D eigenvalue weighted by Crippen LogP contribution is -2.44. The third-order valence-electron chi connectivity index (χ3n) is 3.61. The zero-order valence-corrected chi connectivity index (χ0v) is 11.7. The summed E-state index contributed by atoms with van der Waals surface area (Å²) in [6.45, 7) is 3.51. The van der Waals surface area contributed by atoms with Crippen molar-refractivity contribution in [1.82, 2.24) is 4.90 Å². The van der Waals surface area contributed by atoms with E-state index in [1.54, 1.807) is 17.0 Å². The quantitative estimate of drug-likeness (QED) is 0.745. The van der Waals surface area contributed by atoms with E-state index in [1.807, 2.05) is 19.1 Å². The van der Waals surface area contributed by atoms with Gasteiger partial charge in [0, 0.05) is 24.2 Å². The molecule has 0 aliphatic carbocycles. The molecule has 0 saturated carbocycles. The SMILES string of the molecule is CC1CN(C(=O)c2ccc(C#CCN)cc2)CCC1O. The molecule has 1 aliphatic heterocycles. The van der Waals surface area contributed by atoms with Gasteiger partial charge in [0.15, 0.2) is 0 Å². The number of carbonyl (C=O) groups is 1. The number of rotatable bonds is 1. The highest BCUT2D eigenvalue weighted by atomic mass is 16.3. The minimum absolute atomic E-state index is 0.0158. The molecule has 1 aliphatic rings. The molecule has 4 nitrogen and oxygen atoms in total. The Labute approximate surface area is 119 Å². The van der Waals surface area contributed by atoms with E-state index in [4.69, 9.17) is 5.73 Å². The van der Waals surface area contributed by atoms with Crippen LogP contribution in [0.3, 0.4) is 0 Å². The lowest BCUT2D eigenvalue weighted by molar-refractivity contribution is 0.0297. The van der Waals surface area contributed by atoms with Crippen molar-refractivity contribution in [3.05, 3.63) is 35.4 Å². The van der Waals surface area contributed by atoms with E-state index in [2.05, 4.69) is 11.8 Å². The number of aliphatic hydroxyl groups excluding tert-OH is 1. The highest BCUT2D eigenvalue weighted by Gasteiger charge is 2.27. The van der Waals surface area contributed by atoms with Crippen molar-refractivity contribution < 1.29 is 9.90 Å². The Morgan fingerprint density at radius 1 is 1.45 bits per heavy atom. The molecular weight excluding hydrogens is 252 g/mol. The van der Waals surface area contributed by atoms with Crippen molar-refractivity contribution in [2.75, 3.05) is 19.6 Å². The van der Waals surface area contributed by atoms with Gasteiger partial charge in [-0.15, -0.1) is 0 Å². The van der Waals surface area contributed by atoms with Crippen LogP contribution < -0.4 is 5.73 Å². The molecule has 0 spiro atoms. The Bertz CT molecular complexity index is 528. The first-order valence-electron chi connectivity index (χ1n) is 6.88. The Balaban J connectivity index is 2.06. The van der Waals surface area contributed by atoms with Crippen LogP contribution in [0.25, 0.3) is 0 Å².